The van der Waals surface area contributed by atoms with Crippen molar-refractivity contribution in [3.63, 3.8) is 0 Å². The lowest BCUT2D eigenvalue weighted by atomic mass is 9.91. The molecule has 1 aromatic carbocycles. The van der Waals surface area contributed by atoms with Gasteiger partial charge in [0.1, 0.15) is 17.2 Å². The number of carbonyl (C=O) groups excluding carboxylic acids is 1. The lowest BCUT2D eigenvalue weighted by molar-refractivity contribution is 0.0355. The van der Waals surface area contributed by atoms with Crippen LogP contribution >= 0.6 is 0 Å². The number of hydrogen-bond donors (Lipinski definition) is 2. The number of nitrogens with zero attached hydrogens (tertiary/aromatic N) is 2. The number of aliphatic hydroxyl groups is 1. The SMILES string of the molecule is COc1cccc(CC2(O)C[C@H]3CN(CC(=O)c4ccc(O)cn4)C[C@H]3C2)c1. The molecule has 0 spiro atoms. The maximum Gasteiger partial charge on any atom is 0.195 e. The number of Topliss-reactive ketones (excluding diaryl/α,β-unsaturated/α-hetero) is 1. The fourth-order valence-electron chi connectivity index (χ4n) is 4.83. The number of fused-ring (bicyclic) bond motifs is 1. The van der Waals surface area contributed by atoms with Gasteiger partial charge in [-0.05, 0) is 54.5 Å². The van der Waals surface area contributed by atoms with Gasteiger partial charge in [-0.3, -0.25) is 9.69 Å². The van der Waals surface area contributed by atoms with Crippen LogP contribution in [0.15, 0.2) is 42.6 Å². The van der Waals surface area contributed by atoms with Crippen LogP contribution < -0.4 is 4.74 Å². The van der Waals surface area contributed by atoms with Gasteiger partial charge in [0.15, 0.2) is 5.78 Å². The average molecular weight is 382 g/mol. The highest BCUT2D eigenvalue weighted by molar-refractivity contribution is 5.95. The summed E-state index contributed by atoms with van der Waals surface area (Å²) in [5.41, 5.74) is 0.785. The fourth-order valence-corrected chi connectivity index (χ4v) is 4.83. The fraction of sp³-hybridized carbons (Fsp3) is 0.455. The van der Waals surface area contributed by atoms with Gasteiger partial charge >= 0.3 is 0 Å². The van der Waals surface area contributed by atoms with Crippen LogP contribution in [0.4, 0.5) is 0 Å². The minimum Gasteiger partial charge on any atom is -0.506 e. The van der Waals surface area contributed by atoms with Crippen molar-refractivity contribution in [3.05, 3.63) is 53.9 Å². The van der Waals surface area contributed by atoms with Gasteiger partial charge in [0.25, 0.3) is 0 Å². The maximum absolute atomic E-state index is 12.4. The van der Waals surface area contributed by atoms with Crippen molar-refractivity contribution in [1.29, 1.82) is 0 Å². The summed E-state index contributed by atoms with van der Waals surface area (Å²) in [6.45, 7) is 1.99. The van der Waals surface area contributed by atoms with Crippen LogP contribution in [0.5, 0.6) is 11.5 Å². The minimum absolute atomic E-state index is 0.0355. The zero-order valence-electron chi connectivity index (χ0n) is 16.0. The van der Waals surface area contributed by atoms with Gasteiger partial charge in [-0.15, -0.1) is 0 Å². The Labute approximate surface area is 164 Å². The number of ether oxygens (including phenoxy) is 1. The molecule has 0 bridgehead atoms. The third kappa shape index (κ3) is 4.03. The molecule has 28 heavy (non-hydrogen) atoms. The molecule has 1 unspecified atom stereocenters. The molecule has 1 aliphatic carbocycles. The largest absolute Gasteiger partial charge is 0.506 e. The van der Waals surface area contributed by atoms with E-state index in [9.17, 15) is 15.0 Å². The van der Waals surface area contributed by atoms with Crippen molar-refractivity contribution in [2.75, 3.05) is 26.7 Å². The van der Waals surface area contributed by atoms with Gasteiger partial charge in [-0.2, -0.15) is 0 Å². The molecule has 2 N–H and O–H groups in total. The van der Waals surface area contributed by atoms with E-state index in [2.05, 4.69) is 9.88 Å². The molecule has 1 aromatic heterocycles. The molecule has 4 rings (SSSR count). The molecule has 2 aliphatic rings. The molecule has 0 amide bonds. The first kappa shape index (κ1) is 18.9. The lowest BCUT2D eigenvalue weighted by Crippen LogP contribution is -2.34. The number of methoxy groups -OCH3 is 1. The van der Waals surface area contributed by atoms with E-state index in [1.54, 1.807) is 13.2 Å². The predicted molar refractivity (Wildman–Crippen MR) is 105 cm³/mol. The number of rotatable bonds is 6. The summed E-state index contributed by atoms with van der Waals surface area (Å²) in [4.78, 5) is 18.6. The van der Waals surface area contributed by atoms with Crippen LogP contribution in [0, 0.1) is 11.8 Å². The Kier molecular flexibility index (Phi) is 5.08. The summed E-state index contributed by atoms with van der Waals surface area (Å²) in [7, 11) is 1.65. The van der Waals surface area contributed by atoms with E-state index in [1.807, 2.05) is 24.3 Å². The predicted octanol–water partition coefficient (Wildman–Crippen LogP) is 2.29. The average Bonchev–Trinajstić information content (AvgIpc) is 3.16. The van der Waals surface area contributed by atoms with Crippen molar-refractivity contribution in [2.45, 2.75) is 24.9 Å². The molecule has 6 heteroatoms. The molecule has 1 aliphatic heterocycles. The number of pyridine rings is 1. The molecule has 2 aromatic rings. The summed E-state index contributed by atoms with van der Waals surface area (Å²) in [6.07, 6.45) is 3.45. The van der Waals surface area contributed by atoms with Gasteiger partial charge in [-0.25, -0.2) is 4.98 Å². The maximum atomic E-state index is 12.4. The van der Waals surface area contributed by atoms with Gasteiger partial charge < -0.3 is 14.9 Å². The molecule has 1 saturated heterocycles. The van der Waals surface area contributed by atoms with Crippen molar-refractivity contribution in [1.82, 2.24) is 9.88 Å². The first-order chi connectivity index (χ1) is 13.4. The zero-order chi connectivity index (χ0) is 19.7. The number of benzene rings is 1. The van der Waals surface area contributed by atoms with E-state index in [0.717, 1.165) is 37.2 Å². The zero-order valence-corrected chi connectivity index (χ0v) is 16.0. The molecule has 148 valence electrons. The Hall–Kier alpha value is -2.44. The Balaban J connectivity index is 1.33. The molecule has 0 radical (unpaired) electrons. The van der Waals surface area contributed by atoms with E-state index in [1.165, 1.54) is 12.3 Å². The second kappa shape index (κ2) is 7.53. The number of carbonyl (C=O) groups is 1. The van der Waals surface area contributed by atoms with Gasteiger partial charge in [-0.1, -0.05) is 12.1 Å². The van der Waals surface area contributed by atoms with Crippen molar-refractivity contribution in [2.24, 2.45) is 11.8 Å². The Morgan fingerprint density at radius 1 is 1.25 bits per heavy atom. The first-order valence-corrected chi connectivity index (χ1v) is 9.70. The molecule has 6 nitrogen and oxygen atoms in total. The number of likely N-dealkylation sites (tertiary alicyclic amines) is 1. The summed E-state index contributed by atoms with van der Waals surface area (Å²) in [6, 6.07) is 10.9. The van der Waals surface area contributed by atoms with E-state index in [-0.39, 0.29) is 11.5 Å². The van der Waals surface area contributed by atoms with Crippen LogP contribution in [-0.2, 0) is 6.42 Å². The quantitative estimate of drug-likeness (QED) is 0.746. The highest BCUT2D eigenvalue weighted by Crippen LogP contribution is 2.45. The van der Waals surface area contributed by atoms with Crippen LogP contribution in [-0.4, -0.2) is 58.2 Å². The number of aromatic nitrogens is 1. The summed E-state index contributed by atoms with van der Waals surface area (Å²) >= 11 is 0. The second-order valence-corrected chi connectivity index (χ2v) is 8.20. The van der Waals surface area contributed by atoms with Gasteiger partial charge in [0.05, 0.1) is 25.5 Å². The molecule has 3 atom stereocenters. The third-order valence-corrected chi connectivity index (χ3v) is 6.00. The van der Waals surface area contributed by atoms with Crippen molar-refractivity contribution < 1.29 is 19.7 Å². The summed E-state index contributed by atoms with van der Waals surface area (Å²) in [5.74, 6) is 1.66. The van der Waals surface area contributed by atoms with Crippen LogP contribution in [0.1, 0.15) is 28.9 Å². The topological polar surface area (TPSA) is 82.9 Å². The van der Waals surface area contributed by atoms with E-state index >= 15 is 0 Å². The Morgan fingerprint density at radius 3 is 2.64 bits per heavy atom. The molecule has 2 fully saturated rings. The van der Waals surface area contributed by atoms with Gasteiger partial charge in [0.2, 0.25) is 0 Å². The van der Waals surface area contributed by atoms with E-state index in [0.29, 0.717) is 30.5 Å². The highest BCUT2D eigenvalue weighted by atomic mass is 16.5. The third-order valence-electron chi connectivity index (χ3n) is 6.00. The van der Waals surface area contributed by atoms with Crippen LogP contribution in [0.25, 0.3) is 0 Å². The van der Waals surface area contributed by atoms with Crippen LogP contribution in [0.3, 0.4) is 0 Å². The summed E-state index contributed by atoms with van der Waals surface area (Å²) < 4.78 is 5.28. The van der Waals surface area contributed by atoms with Crippen LogP contribution in [0.2, 0.25) is 0 Å². The number of hydrogen-bond acceptors (Lipinski definition) is 6. The van der Waals surface area contributed by atoms with E-state index in [4.69, 9.17) is 4.74 Å². The first-order valence-electron chi connectivity index (χ1n) is 9.70. The number of ketones is 1. The standard InChI is InChI=1S/C22H26N2O4/c1-28-19-4-2-3-15(7-19)8-22(27)9-16-12-24(13-17(16)10-22)14-21(26)20-6-5-18(25)11-23-20/h2-7,11,16-17,25,27H,8-10,12-14H2,1H3/t16-,17+,22?. The monoisotopic (exact) mass is 382 g/mol. The summed E-state index contributed by atoms with van der Waals surface area (Å²) in [5, 5.41) is 20.4. The highest BCUT2D eigenvalue weighted by Gasteiger charge is 2.48. The smallest absolute Gasteiger partial charge is 0.195 e. The normalized spacial score (nSPS) is 26.9. The molecular weight excluding hydrogens is 356 g/mol. The van der Waals surface area contributed by atoms with Gasteiger partial charge in [0, 0.05) is 19.5 Å². The van der Waals surface area contributed by atoms with E-state index < -0.39 is 5.60 Å². The molecular formula is C22H26N2O4. The minimum atomic E-state index is -0.684. The van der Waals surface area contributed by atoms with Crippen molar-refractivity contribution in [3.8, 4) is 11.5 Å². The lowest BCUT2D eigenvalue weighted by Gasteiger charge is -2.26. The molecule has 2 heterocycles. The Morgan fingerprint density at radius 2 is 2.00 bits per heavy atom. The Bertz CT molecular complexity index is 838. The second-order valence-electron chi connectivity index (χ2n) is 8.20. The van der Waals surface area contributed by atoms with Crippen molar-refractivity contribution >= 4 is 5.78 Å². The molecule has 1 saturated carbocycles. The number of aromatic hydroxyl groups is 1.